The highest BCUT2D eigenvalue weighted by Gasteiger charge is 2.31. The van der Waals surface area contributed by atoms with Crippen molar-refractivity contribution in [2.75, 3.05) is 17.2 Å². The van der Waals surface area contributed by atoms with Crippen molar-refractivity contribution in [2.24, 2.45) is 0 Å². The smallest absolute Gasteiger partial charge is 0.392 e. The molecule has 3 aromatic rings. The molecule has 0 radical (unpaired) electrons. The number of nitrogens with one attached hydrogen (secondary N) is 2. The van der Waals surface area contributed by atoms with E-state index in [0.717, 1.165) is 12.1 Å². The highest BCUT2D eigenvalue weighted by Crippen LogP contribution is 2.33. The fourth-order valence-electron chi connectivity index (χ4n) is 2.52. The van der Waals surface area contributed by atoms with Crippen molar-refractivity contribution in [3.05, 3.63) is 65.2 Å². The lowest BCUT2D eigenvalue weighted by Gasteiger charge is -2.15. The van der Waals surface area contributed by atoms with Crippen molar-refractivity contribution in [3.8, 4) is 5.69 Å². The van der Waals surface area contributed by atoms with Crippen molar-refractivity contribution in [1.82, 2.24) is 14.8 Å². The topological polar surface area (TPSA) is 92.1 Å². The number of amides is 1. The Labute approximate surface area is 168 Å². The van der Waals surface area contributed by atoms with Crippen LogP contribution in [0.5, 0.6) is 0 Å². The van der Waals surface area contributed by atoms with Gasteiger partial charge in [-0.1, -0.05) is 17.7 Å². The van der Waals surface area contributed by atoms with E-state index < -0.39 is 17.6 Å². The molecule has 1 amide bonds. The first-order valence-electron chi connectivity index (χ1n) is 8.27. The van der Waals surface area contributed by atoms with E-state index in [1.807, 2.05) is 0 Å². The van der Waals surface area contributed by atoms with E-state index >= 15 is 0 Å². The molecule has 3 N–H and O–H groups in total. The molecule has 3 rings (SSSR count). The van der Waals surface area contributed by atoms with E-state index in [9.17, 15) is 23.1 Å². The van der Waals surface area contributed by atoms with Gasteiger partial charge in [0.1, 0.15) is 12.7 Å². The first-order valence-corrected chi connectivity index (χ1v) is 8.65. The molecule has 0 spiro atoms. The fourth-order valence-corrected chi connectivity index (χ4v) is 2.71. The van der Waals surface area contributed by atoms with Crippen molar-refractivity contribution < 1.29 is 23.1 Å². The standard InChI is InChI=1S/C18H15ClF3N5O2/c19-13-3-1-11(8-28)5-14(13)24-7-17(29)26-15-6-12(18(20,21)22)2-4-16(15)27-10-23-9-25-27/h1-6,9-10,24,28H,7-8H2,(H,26,29). The molecule has 29 heavy (non-hydrogen) atoms. The molecule has 1 heterocycles. The molecule has 0 unspecified atom stereocenters. The lowest BCUT2D eigenvalue weighted by molar-refractivity contribution is -0.137. The normalized spacial score (nSPS) is 11.3. The molecule has 0 atom stereocenters. The summed E-state index contributed by atoms with van der Waals surface area (Å²) in [6.07, 6.45) is -2.05. The number of aromatic nitrogens is 3. The Morgan fingerprint density at radius 2 is 1.97 bits per heavy atom. The SMILES string of the molecule is O=C(CNc1cc(CO)ccc1Cl)Nc1cc(C(F)(F)F)ccc1-n1cncn1. The Hall–Kier alpha value is -3.11. The molecule has 2 aromatic carbocycles. The van der Waals surface area contributed by atoms with E-state index in [2.05, 4.69) is 20.7 Å². The summed E-state index contributed by atoms with van der Waals surface area (Å²) in [6.45, 7) is -0.467. The van der Waals surface area contributed by atoms with Gasteiger partial charge in [0, 0.05) is 0 Å². The second kappa shape index (κ2) is 8.50. The summed E-state index contributed by atoms with van der Waals surface area (Å²) < 4.78 is 40.5. The molecule has 0 bridgehead atoms. The average Bonchev–Trinajstić information content (AvgIpc) is 3.21. The number of nitrogens with zero attached hydrogens (tertiary/aromatic N) is 3. The molecule has 0 fully saturated rings. The molecule has 0 aliphatic heterocycles. The number of carbonyl (C=O) groups is 1. The minimum absolute atomic E-state index is 0.0765. The van der Waals surface area contributed by atoms with Gasteiger partial charge >= 0.3 is 6.18 Å². The number of alkyl halides is 3. The van der Waals surface area contributed by atoms with Gasteiger partial charge in [-0.05, 0) is 35.9 Å². The number of aliphatic hydroxyl groups excluding tert-OH is 1. The van der Waals surface area contributed by atoms with Crippen LogP contribution in [0.4, 0.5) is 24.5 Å². The van der Waals surface area contributed by atoms with Gasteiger partial charge < -0.3 is 15.7 Å². The van der Waals surface area contributed by atoms with Crippen LogP contribution in [0.25, 0.3) is 5.69 Å². The first kappa shape index (κ1) is 20.6. The zero-order chi connectivity index (χ0) is 21.0. The van der Waals surface area contributed by atoms with E-state index in [1.165, 1.54) is 23.4 Å². The maximum atomic E-state index is 13.1. The number of aliphatic hydroxyl groups is 1. The Bertz CT molecular complexity index is 1010. The van der Waals surface area contributed by atoms with Crippen molar-refractivity contribution in [1.29, 1.82) is 0 Å². The summed E-state index contributed by atoms with van der Waals surface area (Å²) in [7, 11) is 0. The zero-order valence-corrected chi connectivity index (χ0v) is 15.5. The lowest BCUT2D eigenvalue weighted by atomic mass is 10.1. The Morgan fingerprint density at radius 1 is 1.17 bits per heavy atom. The average molecular weight is 426 g/mol. The molecule has 0 saturated heterocycles. The Kier molecular flexibility index (Phi) is 6.04. The van der Waals surface area contributed by atoms with Crippen LogP contribution in [-0.4, -0.2) is 32.3 Å². The van der Waals surface area contributed by atoms with Crippen molar-refractivity contribution >= 4 is 28.9 Å². The molecule has 7 nitrogen and oxygen atoms in total. The van der Waals surface area contributed by atoms with Crippen molar-refractivity contribution in [2.45, 2.75) is 12.8 Å². The number of benzene rings is 2. The van der Waals surface area contributed by atoms with Gasteiger partial charge in [-0.2, -0.15) is 18.3 Å². The molecule has 152 valence electrons. The van der Waals surface area contributed by atoms with E-state index in [-0.39, 0.29) is 24.5 Å². The van der Waals surface area contributed by atoms with Crippen LogP contribution in [0.2, 0.25) is 5.02 Å². The summed E-state index contributed by atoms with van der Waals surface area (Å²) in [5.41, 5.74) is 0.234. The van der Waals surface area contributed by atoms with Gasteiger partial charge in [-0.3, -0.25) is 4.79 Å². The number of anilines is 2. The summed E-state index contributed by atoms with van der Waals surface area (Å²) in [5.74, 6) is -0.601. The van der Waals surface area contributed by atoms with Crippen molar-refractivity contribution in [3.63, 3.8) is 0 Å². The lowest BCUT2D eigenvalue weighted by Crippen LogP contribution is -2.23. The number of rotatable bonds is 6. The quantitative estimate of drug-likeness (QED) is 0.562. The third-order valence-electron chi connectivity index (χ3n) is 3.92. The van der Waals surface area contributed by atoms with E-state index in [1.54, 1.807) is 18.2 Å². The summed E-state index contributed by atoms with van der Waals surface area (Å²) in [6, 6.07) is 7.67. The minimum atomic E-state index is -4.57. The predicted octanol–water partition coefficient (Wildman–Crippen LogP) is 3.48. The maximum Gasteiger partial charge on any atom is 0.416 e. The number of hydrogen-bond donors (Lipinski definition) is 3. The van der Waals surface area contributed by atoms with Crippen LogP contribution in [0, 0.1) is 0 Å². The van der Waals surface area contributed by atoms with Crippen LogP contribution in [0.3, 0.4) is 0 Å². The summed E-state index contributed by atoms with van der Waals surface area (Å²) in [5, 5.41) is 18.6. The fraction of sp³-hybridized carbons (Fsp3) is 0.167. The molecule has 1 aromatic heterocycles. The zero-order valence-electron chi connectivity index (χ0n) is 14.7. The molecule has 0 aliphatic carbocycles. The van der Waals surface area contributed by atoms with Gasteiger partial charge in [-0.25, -0.2) is 9.67 Å². The van der Waals surface area contributed by atoms with Gasteiger partial charge in [0.2, 0.25) is 5.91 Å². The predicted molar refractivity (Wildman–Crippen MR) is 101 cm³/mol. The molecular formula is C18H15ClF3N5O2. The highest BCUT2D eigenvalue weighted by atomic mass is 35.5. The van der Waals surface area contributed by atoms with E-state index in [0.29, 0.717) is 16.3 Å². The van der Waals surface area contributed by atoms with Crippen LogP contribution in [0.15, 0.2) is 49.1 Å². The Balaban J connectivity index is 1.80. The van der Waals surface area contributed by atoms with Gasteiger partial charge in [-0.15, -0.1) is 0 Å². The van der Waals surface area contributed by atoms with Crippen LogP contribution < -0.4 is 10.6 Å². The number of halogens is 4. The van der Waals surface area contributed by atoms with Crippen LogP contribution in [-0.2, 0) is 17.6 Å². The monoisotopic (exact) mass is 425 g/mol. The van der Waals surface area contributed by atoms with E-state index in [4.69, 9.17) is 11.6 Å². The van der Waals surface area contributed by atoms with Crippen LogP contribution >= 0.6 is 11.6 Å². The van der Waals surface area contributed by atoms with Gasteiger partial charge in [0.05, 0.1) is 40.8 Å². The second-order valence-electron chi connectivity index (χ2n) is 5.94. The molecule has 0 saturated carbocycles. The number of hydrogen-bond acceptors (Lipinski definition) is 5. The molecule has 0 aliphatic rings. The minimum Gasteiger partial charge on any atom is -0.392 e. The molecular weight excluding hydrogens is 411 g/mol. The summed E-state index contributed by atoms with van der Waals surface area (Å²) in [4.78, 5) is 16.1. The van der Waals surface area contributed by atoms with Gasteiger partial charge in [0.25, 0.3) is 0 Å². The van der Waals surface area contributed by atoms with Gasteiger partial charge in [0.15, 0.2) is 0 Å². The molecule has 11 heteroatoms. The third kappa shape index (κ3) is 5.04. The third-order valence-corrected chi connectivity index (χ3v) is 4.25. The number of carbonyl (C=O) groups excluding carboxylic acids is 1. The Morgan fingerprint density at radius 3 is 2.62 bits per heavy atom. The summed E-state index contributed by atoms with van der Waals surface area (Å²) >= 11 is 6.04. The largest absolute Gasteiger partial charge is 0.416 e. The maximum absolute atomic E-state index is 13.1. The second-order valence-corrected chi connectivity index (χ2v) is 6.35. The van der Waals surface area contributed by atoms with Crippen LogP contribution in [0.1, 0.15) is 11.1 Å². The highest BCUT2D eigenvalue weighted by molar-refractivity contribution is 6.33. The first-order chi connectivity index (χ1) is 13.8.